The molecule has 2 nitrogen and oxygen atoms in total. The Hall–Kier alpha value is -8.46. The lowest BCUT2D eigenvalue weighted by Crippen LogP contribution is -2.12. The standard InChI is InChI=1S/C62H41NO/c1-3-17-42(18-4-1)49-22-9-12-26-55(49)61-51(43-19-5-2-6-20-43)28-15-30-58(61)63(47-37-33-44(34-38-47)52-29-16-32-60-62(52)56-27-13-14-31-59(56)64-60)48-39-35-45(36-40-48)57-41-46-21-7-8-23-50(46)53-24-10-11-25-54(53)57/h1-41H. The third-order valence-electron chi connectivity index (χ3n) is 12.7. The number of fused-ring (bicyclic) bond motifs is 6. The number of furan rings is 1. The SMILES string of the molecule is c1ccc(-c2ccccc2-c2c(-c3ccccc3)cccc2N(c2ccc(-c3cc4ccccc4c4ccccc34)cc2)c2ccc(-c3cccc4oc5ccccc5c34)cc2)cc1. The Balaban J connectivity index is 1.07. The van der Waals surface area contributed by atoms with Crippen molar-refractivity contribution in [2.24, 2.45) is 0 Å². The van der Waals surface area contributed by atoms with Gasteiger partial charge in [-0.15, -0.1) is 0 Å². The van der Waals surface area contributed by atoms with Crippen molar-refractivity contribution in [2.75, 3.05) is 4.90 Å². The zero-order valence-electron chi connectivity index (χ0n) is 35.0. The molecule has 64 heavy (non-hydrogen) atoms. The predicted molar refractivity (Wildman–Crippen MR) is 271 cm³/mol. The van der Waals surface area contributed by atoms with Gasteiger partial charge in [-0.25, -0.2) is 0 Å². The van der Waals surface area contributed by atoms with E-state index in [9.17, 15) is 0 Å². The second kappa shape index (κ2) is 15.8. The number of rotatable bonds is 8. The molecule has 0 saturated carbocycles. The van der Waals surface area contributed by atoms with Crippen LogP contribution in [0.15, 0.2) is 253 Å². The average molecular weight is 816 g/mol. The van der Waals surface area contributed by atoms with Gasteiger partial charge in [-0.3, -0.25) is 0 Å². The van der Waals surface area contributed by atoms with Crippen LogP contribution in [0.3, 0.4) is 0 Å². The van der Waals surface area contributed by atoms with Crippen molar-refractivity contribution < 1.29 is 4.42 Å². The maximum Gasteiger partial charge on any atom is 0.136 e. The number of benzene rings is 11. The highest BCUT2D eigenvalue weighted by molar-refractivity contribution is 6.14. The van der Waals surface area contributed by atoms with Crippen LogP contribution in [0.2, 0.25) is 0 Å². The zero-order chi connectivity index (χ0) is 42.4. The van der Waals surface area contributed by atoms with E-state index in [1.54, 1.807) is 0 Å². The van der Waals surface area contributed by atoms with Gasteiger partial charge in [0, 0.05) is 27.7 Å². The summed E-state index contributed by atoms with van der Waals surface area (Å²) in [5, 5.41) is 7.27. The van der Waals surface area contributed by atoms with Gasteiger partial charge < -0.3 is 9.32 Å². The van der Waals surface area contributed by atoms with Crippen molar-refractivity contribution >= 4 is 60.5 Å². The van der Waals surface area contributed by atoms with E-state index in [1.807, 2.05) is 12.1 Å². The van der Waals surface area contributed by atoms with Crippen LogP contribution in [0.1, 0.15) is 0 Å². The van der Waals surface area contributed by atoms with Crippen molar-refractivity contribution in [1.82, 2.24) is 0 Å². The average Bonchev–Trinajstić information content (AvgIpc) is 3.76. The molecule has 0 aliphatic rings. The van der Waals surface area contributed by atoms with E-state index in [0.29, 0.717) is 0 Å². The second-order valence-corrected chi connectivity index (χ2v) is 16.4. The van der Waals surface area contributed by atoms with Gasteiger partial charge in [0.15, 0.2) is 0 Å². The third-order valence-corrected chi connectivity index (χ3v) is 12.7. The predicted octanol–water partition coefficient (Wildman–Crippen LogP) is 17.7. The number of nitrogens with zero attached hydrogens (tertiary/aromatic N) is 1. The lowest BCUT2D eigenvalue weighted by molar-refractivity contribution is 0.669. The number of para-hydroxylation sites is 1. The van der Waals surface area contributed by atoms with Gasteiger partial charge in [-0.1, -0.05) is 200 Å². The number of anilines is 3. The molecule has 300 valence electrons. The summed E-state index contributed by atoms with van der Waals surface area (Å²) in [4.78, 5) is 2.43. The number of hydrogen-bond acceptors (Lipinski definition) is 2. The molecule has 0 fully saturated rings. The van der Waals surface area contributed by atoms with Crippen molar-refractivity contribution in [2.45, 2.75) is 0 Å². The molecule has 0 radical (unpaired) electrons. The van der Waals surface area contributed by atoms with Gasteiger partial charge in [0.1, 0.15) is 11.2 Å². The number of hydrogen-bond donors (Lipinski definition) is 0. The lowest BCUT2D eigenvalue weighted by Gasteiger charge is -2.30. The van der Waals surface area contributed by atoms with Crippen molar-refractivity contribution in [3.8, 4) is 55.6 Å². The Morgan fingerprint density at radius 3 is 1.48 bits per heavy atom. The fraction of sp³-hybridized carbons (Fsp3) is 0. The zero-order valence-corrected chi connectivity index (χ0v) is 35.0. The molecule has 12 rings (SSSR count). The first-order valence-electron chi connectivity index (χ1n) is 21.9. The molecule has 0 aliphatic heterocycles. The quantitative estimate of drug-likeness (QED) is 0.142. The Labute approximate surface area is 372 Å². The summed E-state index contributed by atoms with van der Waals surface area (Å²) in [5.74, 6) is 0. The van der Waals surface area contributed by atoms with E-state index >= 15 is 0 Å². The fourth-order valence-electron chi connectivity index (χ4n) is 9.75. The third kappa shape index (κ3) is 6.44. The van der Waals surface area contributed by atoms with Crippen LogP contribution >= 0.6 is 0 Å². The Kier molecular flexibility index (Phi) is 9.20. The molecule has 2 heteroatoms. The van der Waals surface area contributed by atoms with E-state index in [4.69, 9.17) is 4.42 Å². The highest BCUT2D eigenvalue weighted by Gasteiger charge is 2.23. The monoisotopic (exact) mass is 815 g/mol. The normalized spacial score (nSPS) is 11.4. The summed E-state index contributed by atoms with van der Waals surface area (Å²) < 4.78 is 6.31. The van der Waals surface area contributed by atoms with Crippen LogP contribution in [0.5, 0.6) is 0 Å². The van der Waals surface area contributed by atoms with E-state index in [2.05, 4.69) is 241 Å². The van der Waals surface area contributed by atoms with Crippen LogP contribution in [0.4, 0.5) is 17.1 Å². The van der Waals surface area contributed by atoms with Gasteiger partial charge in [-0.2, -0.15) is 0 Å². The first-order valence-corrected chi connectivity index (χ1v) is 21.9. The van der Waals surface area contributed by atoms with Gasteiger partial charge in [-0.05, 0) is 120 Å². The van der Waals surface area contributed by atoms with Crippen LogP contribution in [0.25, 0.3) is 99.1 Å². The molecular weight excluding hydrogens is 775 g/mol. The molecule has 0 N–H and O–H groups in total. The smallest absolute Gasteiger partial charge is 0.136 e. The van der Waals surface area contributed by atoms with Gasteiger partial charge in [0.2, 0.25) is 0 Å². The van der Waals surface area contributed by atoms with Crippen LogP contribution < -0.4 is 4.90 Å². The minimum Gasteiger partial charge on any atom is -0.456 e. The second-order valence-electron chi connectivity index (χ2n) is 16.4. The van der Waals surface area contributed by atoms with Crippen LogP contribution in [-0.4, -0.2) is 0 Å². The molecule has 1 heterocycles. The first kappa shape index (κ1) is 37.3. The van der Waals surface area contributed by atoms with Crippen LogP contribution in [-0.2, 0) is 0 Å². The molecular formula is C62H41NO. The Bertz CT molecular complexity index is 3640. The Morgan fingerprint density at radius 2 is 0.766 bits per heavy atom. The van der Waals surface area contributed by atoms with Crippen molar-refractivity contribution in [3.05, 3.63) is 249 Å². The van der Waals surface area contributed by atoms with Gasteiger partial charge >= 0.3 is 0 Å². The molecule has 0 spiro atoms. The van der Waals surface area contributed by atoms with E-state index in [1.165, 1.54) is 54.9 Å². The maximum absolute atomic E-state index is 6.31. The minimum atomic E-state index is 0.892. The molecule has 1 aromatic heterocycles. The van der Waals surface area contributed by atoms with Crippen LogP contribution in [0, 0.1) is 0 Å². The molecule has 0 aliphatic carbocycles. The van der Waals surface area contributed by atoms with Crippen molar-refractivity contribution in [3.63, 3.8) is 0 Å². The summed E-state index contributed by atoms with van der Waals surface area (Å²) in [6.45, 7) is 0. The molecule has 0 atom stereocenters. The van der Waals surface area contributed by atoms with E-state index < -0.39 is 0 Å². The maximum atomic E-state index is 6.31. The highest BCUT2D eigenvalue weighted by atomic mass is 16.3. The largest absolute Gasteiger partial charge is 0.456 e. The van der Waals surface area contributed by atoms with Crippen molar-refractivity contribution in [1.29, 1.82) is 0 Å². The molecule has 0 bridgehead atoms. The Morgan fingerprint density at radius 1 is 0.281 bits per heavy atom. The lowest BCUT2D eigenvalue weighted by atomic mass is 9.87. The summed E-state index contributed by atoms with van der Waals surface area (Å²) in [6.07, 6.45) is 0. The van der Waals surface area contributed by atoms with E-state index in [0.717, 1.165) is 61.3 Å². The summed E-state index contributed by atoms with van der Waals surface area (Å²) >= 11 is 0. The molecule has 0 unspecified atom stereocenters. The molecule has 12 aromatic rings. The summed E-state index contributed by atoms with van der Waals surface area (Å²) in [5.41, 5.74) is 16.7. The summed E-state index contributed by atoms with van der Waals surface area (Å²) in [7, 11) is 0. The van der Waals surface area contributed by atoms with Gasteiger partial charge in [0.25, 0.3) is 0 Å². The summed E-state index contributed by atoms with van der Waals surface area (Å²) in [6, 6.07) is 89.8. The molecule has 0 amide bonds. The molecule has 11 aromatic carbocycles. The highest BCUT2D eigenvalue weighted by Crippen LogP contribution is 2.49. The van der Waals surface area contributed by atoms with E-state index in [-0.39, 0.29) is 0 Å². The topological polar surface area (TPSA) is 16.4 Å². The first-order chi connectivity index (χ1) is 31.8. The molecule has 0 saturated heterocycles. The van der Waals surface area contributed by atoms with Gasteiger partial charge in [0.05, 0.1) is 5.69 Å². The minimum absolute atomic E-state index is 0.892. The fourth-order valence-corrected chi connectivity index (χ4v) is 9.75.